The van der Waals surface area contributed by atoms with Crippen LogP contribution in [0, 0.1) is 0 Å². The van der Waals surface area contributed by atoms with E-state index < -0.39 is 5.97 Å². The normalized spacial score (nSPS) is 24.2. The zero-order valence-corrected chi connectivity index (χ0v) is 12.9. The summed E-state index contributed by atoms with van der Waals surface area (Å²) in [6.07, 6.45) is 6.28. The van der Waals surface area contributed by atoms with Crippen LogP contribution in [0.15, 0.2) is 0 Å². The van der Waals surface area contributed by atoms with Gasteiger partial charge in [0.15, 0.2) is 0 Å². The molecule has 0 saturated carbocycles. The van der Waals surface area contributed by atoms with Crippen LogP contribution < -0.4 is 34.7 Å². The molecule has 0 radical (unpaired) electrons. The Morgan fingerprint density at radius 3 is 2.18 bits per heavy atom. The second kappa shape index (κ2) is 7.74. The Hall–Kier alpha value is 0.390. The van der Waals surface area contributed by atoms with Crippen molar-refractivity contribution in [1.29, 1.82) is 0 Å². The number of likely N-dealkylation sites (tertiary alicyclic amines) is 2. The van der Waals surface area contributed by atoms with Crippen molar-refractivity contribution in [2.24, 2.45) is 0 Å². The molecule has 0 atom stereocenters. The van der Waals surface area contributed by atoms with Gasteiger partial charge in [-0.15, -0.1) is 0 Å². The van der Waals surface area contributed by atoms with Crippen molar-refractivity contribution >= 4 is 5.97 Å². The maximum Gasteiger partial charge on any atom is 1.00 e. The molecule has 2 fully saturated rings. The number of carboxylic acid groups (broad SMARTS) is 1. The molecule has 17 heavy (non-hydrogen) atoms. The first kappa shape index (κ1) is 15.4. The molecule has 0 spiro atoms. The average Bonchev–Trinajstić information content (AvgIpc) is 2.30. The van der Waals surface area contributed by atoms with Crippen molar-refractivity contribution in [2.45, 2.75) is 38.1 Å². The molecule has 2 rings (SSSR count). The Bertz CT molecular complexity index is 237. The zero-order chi connectivity index (χ0) is 11.4. The van der Waals surface area contributed by atoms with Crippen LogP contribution in [0.4, 0.5) is 0 Å². The van der Waals surface area contributed by atoms with Gasteiger partial charge in [0.2, 0.25) is 0 Å². The molecule has 2 aliphatic rings. The van der Waals surface area contributed by atoms with Crippen molar-refractivity contribution in [1.82, 2.24) is 9.80 Å². The van der Waals surface area contributed by atoms with Crippen LogP contribution in [0.3, 0.4) is 0 Å². The molecule has 0 unspecified atom stereocenters. The van der Waals surface area contributed by atoms with Gasteiger partial charge in [0.1, 0.15) is 0 Å². The summed E-state index contributed by atoms with van der Waals surface area (Å²) in [6, 6.07) is 0.693. The first-order valence-corrected chi connectivity index (χ1v) is 6.42. The average molecular weight is 248 g/mol. The zero-order valence-electron chi connectivity index (χ0n) is 10.9. The monoisotopic (exact) mass is 248 g/mol. The summed E-state index contributed by atoms with van der Waals surface area (Å²) in [7, 11) is 0. The molecule has 0 aromatic heterocycles. The van der Waals surface area contributed by atoms with Crippen LogP contribution in [-0.4, -0.2) is 54.5 Å². The smallest absolute Gasteiger partial charge is 0.549 e. The molecule has 0 bridgehead atoms. The predicted molar refractivity (Wildman–Crippen MR) is 59.9 cm³/mol. The van der Waals surface area contributed by atoms with Gasteiger partial charge in [-0.1, -0.05) is 6.42 Å². The Morgan fingerprint density at radius 2 is 1.65 bits per heavy atom. The molecule has 2 saturated heterocycles. The fraction of sp³-hybridized carbons (Fsp3) is 0.917. The molecule has 2 aliphatic heterocycles. The molecule has 0 aromatic rings. The van der Waals surface area contributed by atoms with E-state index in [1.165, 1.54) is 32.4 Å². The van der Waals surface area contributed by atoms with E-state index in [1.54, 1.807) is 0 Å². The number of nitrogens with zero attached hydrogens (tertiary/aromatic N) is 2. The number of aliphatic carboxylic acids is 1. The number of piperidine rings is 2. The molecule has 92 valence electrons. The van der Waals surface area contributed by atoms with E-state index >= 15 is 0 Å². The minimum absolute atomic E-state index is 0. The van der Waals surface area contributed by atoms with E-state index in [0.29, 0.717) is 6.04 Å². The molecule has 2 heterocycles. The van der Waals surface area contributed by atoms with Gasteiger partial charge < -0.3 is 14.8 Å². The summed E-state index contributed by atoms with van der Waals surface area (Å²) in [5, 5.41) is 10.5. The second-order valence-electron chi connectivity index (χ2n) is 4.98. The molecule has 0 aliphatic carbocycles. The molecular formula is C12H21N2NaO2. The van der Waals surface area contributed by atoms with Crippen molar-refractivity contribution < 1.29 is 39.5 Å². The number of carbonyl (C=O) groups excluding carboxylic acids is 1. The Kier molecular flexibility index (Phi) is 7.04. The van der Waals surface area contributed by atoms with Crippen LogP contribution in [0.25, 0.3) is 0 Å². The Balaban J connectivity index is 0.00000144. The summed E-state index contributed by atoms with van der Waals surface area (Å²) in [5.74, 6) is -0.948. The van der Waals surface area contributed by atoms with Crippen LogP contribution in [0.1, 0.15) is 32.1 Å². The first-order valence-electron chi connectivity index (χ1n) is 6.42. The molecule has 4 nitrogen and oxygen atoms in total. The SMILES string of the molecule is O=C([O-])CN1CCC(N2CCCCC2)CC1.[Na+]. The molecule has 5 heteroatoms. The third-order valence-electron chi connectivity index (χ3n) is 3.82. The van der Waals surface area contributed by atoms with Gasteiger partial charge in [0.05, 0.1) is 5.97 Å². The quantitative estimate of drug-likeness (QED) is 0.491. The number of carboxylic acids is 1. The summed E-state index contributed by atoms with van der Waals surface area (Å²) >= 11 is 0. The fourth-order valence-electron chi connectivity index (χ4n) is 2.91. The summed E-state index contributed by atoms with van der Waals surface area (Å²) in [6.45, 7) is 4.41. The van der Waals surface area contributed by atoms with Gasteiger partial charge in [-0.3, -0.25) is 4.90 Å². The van der Waals surface area contributed by atoms with Gasteiger partial charge in [-0.25, -0.2) is 0 Å². The number of hydrogen-bond donors (Lipinski definition) is 0. The maximum atomic E-state index is 10.5. The number of hydrogen-bond acceptors (Lipinski definition) is 4. The topological polar surface area (TPSA) is 46.6 Å². The third kappa shape index (κ3) is 4.87. The third-order valence-corrected chi connectivity index (χ3v) is 3.82. The van der Waals surface area contributed by atoms with Crippen molar-refractivity contribution in [3.63, 3.8) is 0 Å². The molecule has 0 amide bonds. The van der Waals surface area contributed by atoms with Gasteiger partial charge in [0, 0.05) is 25.7 Å². The van der Waals surface area contributed by atoms with Crippen LogP contribution >= 0.6 is 0 Å². The van der Waals surface area contributed by atoms with E-state index in [2.05, 4.69) is 4.90 Å². The molecular weight excluding hydrogens is 227 g/mol. The summed E-state index contributed by atoms with van der Waals surface area (Å²) in [4.78, 5) is 15.1. The minimum Gasteiger partial charge on any atom is -0.549 e. The Labute approximate surface area is 126 Å². The van der Waals surface area contributed by atoms with Gasteiger partial charge in [0.25, 0.3) is 0 Å². The number of carbonyl (C=O) groups is 1. The van der Waals surface area contributed by atoms with E-state index in [0.717, 1.165) is 25.9 Å². The second-order valence-corrected chi connectivity index (χ2v) is 4.98. The van der Waals surface area contributed by atoms with E-state index in [9.17, 15) is 9.90 Å². The van der Waals surface area contributed by atoms with Gasteiger partial charge in [-0.05, 0) is 38.8 Å². The van der Waals surface area contributed by atoms with Crippen molar-refractivity contribution in [3.05, 3.63) is 0 Å². The van der Waals surface area contributed by atoms with Gasteiger partial charge >= 0.3 is 29.6 Å². The fourth-order valence-corrected chi connectivity index (χ4v) is 2.91. The van der Waals surface area contributed by atoms with E-state index in [-0.39, 0.29) is 36.1 Å². The molecule has 0 aromatic carbocycles. The van der Waals surface area contributed by atoms with E-state index in [4.69, 9.17) is 0 Å². The molecule has 0 N–H and O–H groups in total. The predicted octanol–water partition coefficient (Wildman–Crippen LogP) is -3.31. The number of rotatable bonds is 3. The maximum absolute atomic E-state index is 10.5. The van der Waals surface area contributed by atoms with Gasteiger partial charge in [-0.2, -0.15) is 0 Å². The Morgan fingerprint density at radius 1 is 1.06 bits per heavy atom. The summed E-state index contributed by atoms with van der Waals surface area (Å²) in [5.41, 5.74) is 0. The van der Waals surface area contributed by atoms with Crippen molar-refractivity contribution in [3.8, 4) is 0 Å². The van der Waals surface area contributed by atoms with E-state index in [1.807, 2.05) is 4.90 Å². The van der Waals surface area contributed by atoms with Crippen molar-refractivity contribution in [2.75, 3.05) is 32.7 Å². The van der Waals surface area contributed by atoms with Crippen LogP contribution in [-0.2, 0) is 4.79 Å². The first-order chi connectivity index (χ1) is 7.75. The van der Waals surface area contributed by atoms with Crippen LogP contribution in [0.5, 0.6) is 0 Å². The van der Waals surface area contributed by atoms with Crippen LogP contribution in [0.2, 0.25) is 0 Å². The standard InChI is InChI=1S/C12H22N2O2.Na/c15-12(16)10-13-8-4-11(5-9-13)14-6-2-1-3-7-14;/h11H,1-10H2,(H,15,16);/q;+1/p-1. The minimum atomic E-state index is -0.948. The largest absolute Gasteiger partial charge is 1.00 e. The summed E-state index contributed by atoms with van der Waals surface area (Å²) < 4.78 is 0.